The van der Waals surface area contributed by atoms with E-state index in [-0.39, 0.29) is 16.9 Å². The number of aryl methyl sites for hydroxylation is 1. The highest BCUT2D eigenvalue weighted by Gasteiger charge is 2.20. The van der Waals surface area contributed by atoms with Gasteiger partial charge in [-0.2, -0.15) is 0 Å². The molecule has 0 saturated carbocycles. The zero-order valence-corrected chi connectivity index (χ0v) is 19.5. The molecule has 0 saturated heterocycles. The number of fused-ring (bicyclic) bond motifs is 1. The Morgan fingerprint density at radius 1 is 0.914 bits per heavy atom. The van der Waals surface area contributed by atoms with Crippen molar-refractivity contribution >= 4 is 19.4 Å². The van der Waals surface area contributed by atoms with Crippen LogP contribution in [0.3, 0.4) is 0 Å². The first-order valence-electron chi connectivity index (χ1n) is 10.7. The molecule has 2 N–H and O–H groups in total. The molecule has 174 valence electrons. The van der Waals surface area contributed by atoms with Crippen molar-refractivity contribution in [2.24, 2.45) is 7.05 Å². The molecule has 5 aromatic rings. The summed E-state index contributed by atoms with van der Waals surface area (Å²) in [4.78, 5) is 40.9. The van der Waals surface area contributed by atoms with Gasteiger partial charge in [0.1, 0.15) is 5.82 Å². The molecule has 1 unspecified atom stereocenters. The molecule has 0 amide bonds. The minimum atomic E-state index is -2.78. The van der Waals surface area contributed by atoms with E-state index in [0.29, 0.717) is 17.9 Å². The average Bonchev–Trinajstić information content (AvgIpc) is 3.23. The summed E-state index contributed by atoms with van der Waals surface area (Å²) in [7, 11) is -1.24. The summed E-state index contributed by atoms with van der Waals surface area (Å²) in [5, 5.41) is 0. The fourth-order valence-corrected chi connectivity index (χ4v) is 4.28. The maximum Gasteiger partial charge on any atom is 0.747 e. The van der Waals surface area contributed by atoms with Gasteiger partial charge in [0.25, 0.3) is 5.56 Å². The van der Waals surface area contributed by atoms with E-state index in [2.05, 4.69) is 9.97 Å². The number of hydrogen-bond acceptors (Lipinski definition) is 5. The quantitative estimate of drug-likeness (QED) is 0.352. The summed E-state index contributed by atoms with van der Waals surface area (Å²) in [5.41, 5.74) is 3.21. The van der Waals surface area contributed by atoms with Crippen molar-refractivity contribution in [1.82, 2.24) is 19.1 Å². The average molecular weight is 487 g/mol. The minimum absolute atomic E-state index is 0.224. The number of rotatable bonds is 6. The molecular weight excluding hydrogens is 467 g/mol. The summed E-state index contributed by atoms with van der Waals surface area (Å²) in [6, 6.07) is 24.5. The second-order valence-electron chi connectivity index (χ2n) is 7.93. The van der Waals surface area contributed by atoms with Gasteiger partial charge in [0.2, 0.25) is 0 Å². The van der Waals surface area contributed by atoms with E-state index < -0.39 is 19.5 Å². The minimum Gasteiger partial charge on any atom is -0.314 e. The first-order valence-corrected chi connectivity index (χ1v) is 11.8. The van der Waals surface area contributed by atoms with Gasteiger partial charge in [0.05, 0.1) is 0 Å². The molecule has 0 spiro atoms. The van der Waals surface area contributed by atoms with Crippen LogP contribution in [0.1, 0.15) is 5.56 Å². The van der Waals surface area contributed by atoms with E-state index in [1.165, 1.54) is 4.57 Å². The van der Waals surface area contributed by atoms with Crippen molar-refractivity contribution in [2.45, 2.75) is 6.54 Å². The maximum atomic E-state index is 12.8. The largest absolute Gasteiger partial charge is 0.747 e. The van der Waals surface area contributed by atoms with Crippen LogP contribution in [-0.2, 0) is 18.2 Å². The van der Waals surface area contributed by atoms with E-state index in [9.17, 15) is 14.2 Å². The summed E-state index contributed by atoms with van der Waals surface area (Å²) in [6.45, 7) is 0.336. The van der Waals surface area contributed by atoms with Crippen molar-refractivity contribution in [2.75, 3.05) is 0 Å². The van der Waals surface area contributed by atoms with Crippen LogP contribution in [0.25, 0.3) is 33.7 Å². The number of nitrogens with zero attached hydrogens (tertiary/aromatic N) is 3. The third kappa shape index (κ3) is 4.42. The number of imidazole rings is 1. The van der Waals surface area contributed by atoms with Gasteiger partial charge in [0.15, 0.2) is 16.9 Å². The van der Waals surface area contributed by atoms with Crippen LogP contribution < -0.4 is 15.8 Å². The zero-order valence-electron chi connectivity index (χ0n) is 18.6. The lowest BCUT2D eigenvalue weighted by Gasteiger charge is -2.10. The predicted molar refractivity (Wildman–Crippen MR) is 132 cm³/mol. The molecule has 0 aliphatic carbocycles. The maximum absolute atomic E-state index is 12.8. The van der Waals surface area contributed by atoms with Crippen molar-refractivity contribution in [3.63, 3.8) is 0 Å². The number of benzene rings is 3. The topological polar surface area (TPSA) is 119 Å². The van der Waals surface area contributed by atoms with Gasteiger partial charge in [-0.1, -0.05) is 54.6 Å². The molecule has 0 fully saturated rings. The smallest absolute Gasteiger partial charge is 0.314 e. The lowest BCUT2D eigenvalue weighted by molar-refractivity contribution is 0.410. The van der Waals surface area contributed by atoms with Crippen molar-refractivity contribution in [3.05, 3.63) is 105 Å². The molecule has 35 heavy (non-hydrogen) atoms. The van der Waals surface area contributed by atoms with Gasteiger partial charge in [-0.25, -0.2) is 14.3 Å². The van der Waals surface area contributed by atoms with Crippen LogP contribution in [0.15, 0.2) is 88.5 Å². The summed E-state index contributed by atoms with van der Waals surface area (Å²) >= 11 is 0. The van der Waals surface area contributed by atoms with E-state index in [0.717, 1.165) is 16.7 Å². The predicted octanol–water partition coefficient (Wildman–Crippen LogP) is 3.83. The highest BCUT2D eigenvalue weighted by Crippen LogP contribution is 2.29. The third-order valence-corrected chi connectivity index (χ3v) is 6.07. The molecule has 2 heterocycles. The summed E-state index contributed by atoms with van der Waals surface area (Å²) < 4.78 is 18.8. The van der Waals surface area contributed by atoms with Gasteiger partial charge in [0, 0.05) is 23.7 Å². The second kappa shape index (κ2) is 9.13. The second-order valence-corrected chi connectivity index (χ2v) is 8.59. The third-order valence-electron chi connectivity index (χ3n) is 5.70. The van der Waals surface area contributed by atoms with Crippen LogP contribution in [0, 0.1) is 0 Å². The zero-order chi connectivity index (χ0) is 24.5. The van der Waals surface area contributed by atoms with Crippen LogP contribution in [-0.4, -0.2) is 24.0 Å². The fraction of sp³-hybridized carbons (Fsp3) is 0.0800. The van der Waals surface area contributed by atoms with E-state index in [4.69, 9.17) is 9.42 Å². The van der Waals surface area contributed by atoms with E-state index in [1.807, 2.05) is 54.6 Å². The Balaban J connectivity index is 1.61. The van der Waals surface area contributed by atoms with E-state index >= 15 is 0 Å². The molecule has 2 aromatic heterocycles. The molecule has 0 bridgehead atoms. The number of nitrogens with one attached hydrogen (secondary N) is 1. The van der Waals surface area contributed by atoms with E-state index in [1.54, 1.807) is 35.9 Å². The van der Waals surface area contributed by atoms with Crippen molar-refractivity contribution in [1.29, 1.82) is 0 Å². The Morgan fingerprint density at radius 3 is 2.20 bits per heavy atom. The first-order chi connectivity index (χ1) is 16.9. The molecule has 0 aliphatic heterocycles. The summed E-state index contributed by atoms with van der Waals surface area (Å²) in [6.07, 6.45) is 0. The number of aromatic amines is 1. The van der Waals surface area contributed by atoms with Crippen molar-refractivity contribution < 1.29 is 14.0 Å². The Kier molecular flexibility index (Phi) is 5.86. The molecule has 3 aromatic carbocycles. The van der Waals surface area contributed by atoms with Crippen LogP contribution in [0.4, 0.5) is 0 Å². The van der Waals surface area contributed by atoms with Gasteiger partial charge in [-0.3, -0.25) is 14.3 Å². The Morgan fingerprint density at radius 2 is 1.54 bits per heavy atom. The highest BCUT2D eigenvalue weighted by atomic mass is 31.1. The van der Waals surface area contributed by atoms with Crippen LogP contribution >= 0.6 is 8.25 Å². The Hall–Kier alpha value is -4.33. The van der Waals surface area contributed by atoms with Gasteiger partial charge in [-0.05, 0) is 41.0 Å². The number of aromatic nitrogens is 4. The molecule has 5 rings (SSSR count). The lowest BCUT2D eigenvalue weighted by Crippen LogP contribution is -2.29. The molecule has 9 nitrogen and oxygen atoms in total. The molecule has 10 heteroatoms. The lowest BCUT2D eigenvalue weighted by atomic mass is 10.0. The van der Waals surface area contributed by atoms with Gasteiger partial charge < -0.3 is 4.57 Å². The fourth-order valence-electron chi connectivity index (χ4n) is 3.98. The van der Waals surface area contributed by atoms with Crippen molar-refractivity contribution in [3.8, 4) is 28.3 Å². The Bertz CT molecular complexity index is 1650. The van der Waals surface area contributed by atoms with Gasteiger partial charge in [-0.15, -0.1) is 4.89 Å². The standard InChI is InChI=1S/C25H19N4O5P/c1-28-23-21(24(30)27-25(28)31)29(22(26-23)19-11-13-20(14-12-19)34-35(32)33)15-16-7-9-18(10-8-16)17-5-3-2-4-6-17/h2-14H,15H2,1H3,(H-,27,30,31,32,33)/p+1. The van der Waals surface area contributed by atoms with Crippen LogP contribution in [0.5, 0.6) is 5.75 Å². The normalized spacial score (nSPS) is 11.5. The molecule has 1 atom stereocenters. The first kappa shape index (κ1) is 22.5. The highest BCUT2D eigenvalue weighted by molar-refractivity contribution is 7.32. The van der Waals surface area contributed by atoms with Crippen LogP contribution in [0.2, 0.25) is 0 Å². The Labute approximate surface area is 199 Å². The monoisotopic (exact) mass is 487 g/mol. The molecule has 0 aliphatic rings. The SMILES string of the molecule is Cn1c(=O)[nH]c(=O)c2c1nc(-c1ccc(O[P+](=O)O)cc1)n2Cc1ccc(-c2ccccc2)cc1. The molecular formula is C25H20N4O5P+. The molecule has 0 radical (unpaired) electrons. The van der Waals surface area contributed by atoms with Gasteiger partial charge >= 0.3 is 13.9 Å². The number of H-pyrrole nitrogens is 1. The summed E-state index contributed by atoms with van der Waals surface area (Å²) in [5.74, 6) is 0.695. The number of hydrogen-bond donors (Lipinski definition) is 2.